The predicted octanol–water partition coefficient (Wildman–Crippen LogP) is 2.68. The third-order valence-electron chi connectivity index (χ3n) is 4.83. The Bertz CT molecular complexity index is 891. The van der Waals surface area contributed by atoms with Crippen LogP contribution in [0.2, 0.25) is 0 Å². The second kappa shape index (κ2) is 8.07. The van der Waals surface area contributed by atoms with E-state index in [1.807, 2.05) is 52.2 Å². The Labute approximate surface area is 157 Å². The van der Waals surface area contributed by atoms with E-state index in [1.165, 1.54) is 0 Å². The van der Waals surface area contributed by atoms with Gasteiger partial charge in [0.2, 0.25) is 0 Å². The molecule has 1 aliphatic heterocycles. The molecule has 7 heteroatoms. The van der Waals surface area contributed by atoms with Crippen molar-refractivity contribution < 1.29 is 9.53 Å². The van der Waals surface area contributed by atoms with E-state index >= 15 is 0 Å². The minimum absolute atomic E-state index is 0.0377. The Morgan fingerprint density at radius 3 is 3.04 bits per heavy atom. The fraction of sp³-hybridized carbons (Fsp3) is 0.350. The van der Waals surface area contributed by atoms with Crippen LogP contribution in [0.4, 0.5) is 4.79 Å². The summed E-state index contributed by atoms with van der Waals surface area (Å²) in [7, 11) is 0. The standard InChI is InChI=1S/C20H23N5O2/c26-20(25-13-3-7-17(25)15-24-12-4-10-23-24)22-11-14-27-18-8-1-5-16-6-2-9-21-19(16)18/h1-2,4-6,8-10,12,17H,3,7,11,13-15H2,(H,22,26)/t17-/m0/s1. The number of ether oxygens (including phenoxy) is 1. The Morgan fingerprint density at radius 1 is 1.22 bits per heavy atom. The van der Waals surface area contributed by atoms with E-state index in [2.05, 4.69) is 15.4 Å². The number of para-hydroxylation sites is 1. The van der Waals surface area contributed by atoms with Crippen molar-refractivity contribution in [2.75, 3.05) is 19.7 Å². The number of hydrogen-bond donors (Lipinski definition) is 1. The molecule has 0 saturated carbocycles. The van der Waals surface area contributed by atoms with Crippen molar-refractivity contribution in [2.45, 2.75) is 25.4 Å². The number of benzene rings is 1. The number of carbonyl (C=O) groups is 1. The van der Waals surface area contributed by atoms with Crippen molar-refractivity contribution in [1.82, 2.24) is 25.0 Å². The summed E-state index contributed by atoms with van der Waals surface area (Å²) in [6, 6.07) is 11.8. The van der Waals surface area contributed by atoms with E-state index in [-0.39, 0.29) is 12.1 Å². The molecule has 2 aromatic heterocycles. The number of hydrogen-bond acceptors (Lipinski definition) is 4. The van der Waals surface area contributed by atoms with Gasteiger partial charge in [0.05, 0.1) is 19.1 Å². The predicted molar refractivity (Wildman–Crippen MR) is 103 cm³/mol. The van der Waals surface area contributed by atoms with Crippen LogP contribution in [0, 0.1) is 0 Å². The highest BCUT2D eigenvalue weighted by atomic mass is 16.5. The van der Waals surface area contributed by atoms with Crippen LogP contribution in [0.1, 0.15) is 12.8 Å². The molecule has 7 nitrogen and oxygen atoms in total. The number of amides is 2. The van der Waals surface area contributed by atoms with Crippen LogP contribution in [0.3, 0.4) is 0 Å². The van der Waals surface area contributed by atoms with Gasteiger partial charge in [-0.3, -0.25) is 9.67 Å². The first-order valence-corrected chi connectivity index (χ1v) is 9.30. The molecule has 3 heterocycles. The molecule has 140 valence electrons. The van der Waals surface area contributed by atoms with Gasteiger partial charge in [0.1, 0.15) is 17.9 Å². The van der Waals surface area contributed by atoms with Gasteiger partial charge in [-0.15, -0.1) is 0 Å². The van der Waals surface area contributed by atoms with Crippen molar-refractivity contribution >= 4 is 16.9 Å². The first-order chi connectivity index (χ1) is 13.3. The summed E-state index contributed by atoms with van der Waals surface area (Å²) >= 11 is 0. The second-order valence-corrected chi connectivity index (χ2v) is 6.63. The molecule has 0 aliphatic carbocycles. The number of rotatable bonds is 6. The summed E-state index contributed by atoms with van der Waals surface area (Å²) in [5.74, 6) is 0.736. The number of aromatic nitrogens is 3. The molecule has 0 spiro atoms. The average molecular weight is 365 g/mol. The largest absolute Gasteiger partial charge is 0.489 e. The normalized spacial score (nSPS) is 16.6. The third-order valence-corrected chi connectivity index (χ3v) is 4.83. The van der Waals surface area contributed by atoms with Crippen LogP contribution in [-0.4, -0.2) is 51.4 Å². The maximum absolute atomic E-state index is 12.5. The van der Waals surface area contributed by atoms with Gasteiger partial charge in [-0.05, 0) is 31.0 Å². The zero-order chi connectivity index (χ0) is 18.5. The maximum Gasteiger partial charge on any atom is 0.317 e. The molecule has 1 N–H and O–H groups in total. The zero-order valence-corrected chi connectivity index (χ0v) is 15.1. The fourth-order valence-corrected chi connectivity index (χ4v) is 3.53. The third kappa shape index (κ3) is 4.02. The molecule has 0 unspecified atom stereocenters. The van der Waals surface area contributed by atoms with E-state index < -0.39 is 0 Å². The minimum Gasteiger partial charge on any atom is -0.489 e. The summed E-state index contributed by atoms with van der Waals surface area (Å²) in [4.78, 5) is 18.8. The molecule has 4 rings (SSSR count). The molecule has 1 fully saturated rings. The Morgan fingerprint density at radius 2 is 2.15 bits per heavy atom. The van der Waals surface area contributed by atoms with Gasteiger partial charge in [-0.2, -0.15) is 5.10 Å². The van der Waals surface area contributed by atoms with Gasteiger partial charge >= 0.3 is 6.03 Å². The van der Waals surface area contributed by atoms with E-state index in [9.17, 15) is 4.79 Å². The summed E-state index contributed by atoms with van der Waals surface area (Å²) in [5.41, 5.74) is 0.838. The number of likely N-dealkylation sites (tertiary alicyclic amines) is 1. The molecule has 1 saturated heterocycles. The van der Waals surface area contributed by atoms with Crippen LogP contribution < -0.4 is 10.1 Å². The summed E-state index contributed by atoms with van der Waals surface area (Å²) < 4.78 is 7.72. The highest BCUT2D eigenvalue weighted by Gasteiger charge is 2.28. The van der Waals surface area contributed by atoms with Gasteiger partial charge in [0, 0.05) is 30.5 Å². The molecule has 1 aliphatic rings. The minimum atomic E-state index is -0.0377. The van der Waals surface area contributed by atoms with Crippen LogP contribution in [0.25, 0.3) is 10.9 Å². The van der Waals surface area contributed by atoms with Crippen molar-refractivity contribution in [1.29, 1.82) is 0 Å². The Hall–Kier alpha value is -3.09. The lowest BCUT2D eigenvalue weighted by atomic mass is 10.2. The molecular formula is C20H23N5O2. The van der Waals surface area contributed by atoms with Gasteiger partial charge in [0.25, 0.3) is 0 Å². The molecule has 1 aromatic carbocycles. The average Bonchev–Trinajstić information content (AvgIpc) is 3.37. The second-order valence-electron chi connectivity index (χ2n) is 6.63. The van der Waals surface area contributed by atoms with Crippen LogP contribution >= 0.6 is 0 Å². The Kier molecular flexibility index (Phi) is 5.18. The van der Waals surface area contributed by atoms with Crippen LogP contribution in [0.5, 0.6) is 5.75 Å². The van der Waals surface area contributed by atoms with Crippen LogP contribution in [-0.2, 0) is 6.54 Å². The summed E-state index contributed by atoms with van der Waals surface area (Å²) in [6.45, 7) is 2.37. The fourth-order valence-electron chi connectivity index (χ4n) is 3.53. The zero-order valence-electron chi connectivity index (χ0n) is 15.1. The van der Waals surface area contributed by atoms with E-state index in [0.29, 0.717) is 13.2 Å². The number of pyridine rings is 1. The lowest BCUT2D eigenvalue weighted by Crippen LogP contribution is -2.45. The van der Waals surface area contributed by atoms with Crippen molar-refractivity contribution in [3.63, 3.8) is 0 Å². The van der Waals surface area contributed by atoms with E-state index in [0.717, 1.165) is 42.6 Å². The Balaban J connectivity index is 1.28. The number of nitrogens with one attached hydrogen (secondary N) is 1. The molecule has 0 bridgehead atoms. The van der Waals surface area contributed by atoms with Gasteiger partial charge in [-0.25, -0.2) is 4.79 Å². The highest BCUT2D eigenvalue weighted by Crippen LogP contribution is 2.22. The number of nitrogens with zero attached hydrogens (tertiary/aromatic N) is 4. The summed E-state index contributed by atoms with van der Waals surface area (Å²) in [6.07, 6.45) is 7.48. The van der Waals surface area contributed by atoms with Crippen molar-refractivity contribution in [3.05, 3.63) is 55.0 Å². The van der Waals surface area contributed by atoms with Crippen LogP contribution in [0.15, 0.2) is 55.0 Å². The highest BCUT2D eigenvalue weighted by molar-refractivity contribution is 5.84. The maximum atomic E-state index is 12.5. The van der Waals surface area contributed by atoms with Crippen molar-refractivity contribution in [2.24, 2.45) is 0 Å². The molecule has 0 radical (unpaired) electrons. The lowest BCUT2D eigenvalue weighted by molar-refractivity contribution is 0.183. The molecule has 1 atom stereocenters. The topological polar surface area (TPSA) is 72.3 Å². The molecule has 2 amide bonds. The van der Waals surface area contributed by atoms with E-state index in [1.54, 1.807) is 12.4 Å². The number of carbonyl (C=O) groups excluding carboxylic acids is 1. The van der Waals surface area contributed by atoms with Gasteiger partial charge < -0.3 is 15.0 Å². The monoisotopic (exact) mass is 365 g/mol. The lowest BCUT2D eigenvalue weighted by Gasteiger charge is -2.25. The van der Waals surface area contributed by atoms with Gasteiger partial charge in [-0.1, -0.05) is 18.2 Å². The quantitative estimate of drug-likeness (QED) is 0.682. The van der Waals surface area contributed by atoms with E-state index in [4.69, 9.17) is 4.74 Å². The van der Waals surface area contributed by atoms with Gasteiger partial charge in [0.15, 0.2) is 0 Å². The number of urea groups is 1. The van der Waals surface area contributed by atoms with Crippen molar-refractivity contribution in [3.8, 4) is 5.75 Å². The molecular weight excluding hydrogens is 342 g/mol. The summed E-state index contributed by atoms with van der Waals surface area (Å²) in [5, 5.41) is 8.24. The first kappa shape index (κ1) is 17.3. The number of fused-ring (bicyclic) bond motifs is 1. The first-order valence-electron chi connectivity index (χ1n) is 9.30. The smallest absolute Gasteiger partial charge is 0.317 e. The molecule has 3 aromatic rings. The molecule has 27 heavy (non-hydrogen) atoms. The SMILES string of the molecule is O=C(NCCOc1cccc2cccnc12)N1CCC[C@H]1Cn1cccn1.